The van der Waals surface area contributed by atoms with Crippen molar-refractivity contribution in [3.8, 4) is 11.8 Å². The third-order valence-electron chi connectivity index (χ3n) is 1.98. The van der Waals surface area contributed by atoms with Crippen molar-refractivity contribution in [1.29, 1.82) is 0 Å². The van der Waals surface area contributed by atoms with E-state index in [0.29, 0.717) is 0 Å². The maximum atomic E-state index is 10.6. The van der Waals surface area contributed by atoms with E-state index < -0.39 is 5.97 Å². The van der Waals surface area contributed by atoms with E-state index in [0.717, 1.165) is 11.1 Å². The second-order valence-electron chi connectivity index (χ2n) is 3.12. The maximum absolute atomic E-state index is 10.6. The number of H-pyrrole nitrogens is 1. The van der Waals surface area contributed by atoms with Crippen molar-refractivity contribution in [3.05, 3.63) is 53.3 Å². The fourth-order valence-corrected chi connectivity index (χ4v) is 1.16. The Bertz CT molecular complexity index is 545. The number of nitrogens with zero attached hydrogens (tertiary/aromatic N) is 1. The minimum absolute atomic E-state index is 0.258. The molecule has 0 unspecified atom stereocenters. The smallest absolute Gasteiger partial charge is 0.335 e. The van der Waals surface area contributed by atoms with Crippen molar-refractivity contribution in [2.75, 3.05) is 0 Å². The van der Waals surface area contributed by atoms with Crippen molar-refractivity contribution in [3.63, 3.8) is 0 Å². The second kappa shape index (κ2) is 4.32. The van der Waals surface area contributed by atoms with Crippen LogP contribution in [0.25, 0.3) is 0 Å². The summed E-state index contributed by atoms with van der Waals surface area (Å²) in [6.45, 7) is 0. The number of carbonyl (C=O) groups is 1. The van der Waals surface area contributed by atoms with E-state index in [1.165, 1.54) is 12.1 Å². The van der Waals surface area contributed by atoms with Gasteiger partial charge in [0.05, 0.1) is 17.3 Å². The summed E-state index contributed by atoms with van der Waals surface area (Å²) in [5.41, 5.74) is 1.82. The molecule has 0 aliphatic heterocycles. The van der Waals surface area contributed by atoms with Crippen LogP contribution in [0.1, 0.15) is 21.5 Å². The number of hydrogen-bond donors (Lipinski definition) is 2. The Labute approximate surface area is 91.9 Å². The highest BCUT2D eigenvalue weighted by atomic mass is 16.4. The van der Waals surface area contributed by atoms with Gasteiger partial charge in [-0.1, -0.05) is 11.8 Å². The number of aromatic carboxylic acids is 1. The van der Waals surface area contributed by atoms with Gasteiger partial charge in [-0.05, 0) is 24.3 Å². The number of carboxylic acids is 1. The van der Waals surface area contributed by atoms with Crippen LogP contribution in [0.15, 0.2) is 36.7 Å². The molecule has 0 saturated carbocycles. The Hall–Kier alpha value is -2.54. The van der Waals surface area contributed by atoms with E-state index >= 15 is 0 Å². The first-order valence-corrected chi connectivity index (χ1v) is 4.60. The van der Waals surface area contributed by atoms with Gasteiger partial charge in [-0.15, -0.1) is 0 Å². The van der Waals surface area contributed by atoms with Gasteiger partial charge in [-0.2, -0.15) is 5.10 Å². The molecule has 0 spiro atoms. The molecule has 0 aliphatic rings. The standard InChI is InChI=1S/C12H8N2O2/c15-12(16)11-5-3-9(4-6-11)1-2-10-7-13-14-8-10/h3-8H,(H,13,14)(H,15,16). The highest BCUT2D eigenvalue weighted by Gasteiger charge is 1.99. The molecular formula is C12H8N2O2. The normalized spacial score (nSPS) is 9.25. The van der Waals surface area contributed by atoms with Crippen LogP contribution in [-0.4, -0.2) is 21.3 Å². The highest BCUT2D eigenvalue weighted by Crippen LogP contribution is 2.03. The molecule has 78 valence electrons. The van der Waals surface area contributed by atoms with E-state index in [1.807, 2.05) is 0 Å². The van der Waals surface area contributed by atoms with Gasteiger partial charge < -0.3 is 5.11 Å². The van der Waals surface area contributed by atoms with Gasteiger partial charge in [0, 0.05) is 11.8 Å². The monoisotopic (exact) mass is 212 g/mol. The zero-order chi connectivity index (χ0) is 11.4. The Morgan fingerprint density at radius 3 is 2.44 bits per heavy atom. The van der Waals surface area contributed by atoms with E-state index in [9.17, 15) is 4.79 Å². The maximum Gasteiger partial charge on any atom is 0.335 e. The number of hydrogen-bond acceptors (Lipinski definition) is 2. The van der Waals surface area contributed by atoms with Crippen molar-refractivity contribution in [2.45, 2.75) is 0 Å². The molecule has 2 N–H and O–H groups in total. The zero-order valence-electron chi connectivity index (χ0n) is 8.27. The van der Waals surface area contributed by atoms with Crippen LogP contribution in [0, 0.1) is 11.8 Å². The molecule has 4 heteroatoms. The molecule has 0 bridgehead atoms. The van der Waals surface area contributed by atoms with Crippen LogP contribution in [0.2, 0.25) is 0 Å². The van der Waals surface area contributed by atoms with Crippen LogP contribution >= 0.6 is 0 Å². The van der Waals surface area contributed by atoms with Crippen LogP contribution in [-0.2, 0) is 0 Å². The van der Waals surface area contributed by atoms with Gasteiger partial charge >= 0.3 is 5.97 Å². The molecule has 0 radical (unpaired) electrons. The predicted octanol–water partition coefficient (Wildman–Crippen LogP) is 1.51. The third kappa shape index (κ3) is 2.28. The molecule has 4 nitrogen and oxygen atoms in total. The average Bonchev–Trinajstić information content (AvgIpc) is 2.80. The van der Waals surface area contributed by atoms with Gasteiger partial charge in [-0.25, -0.2) is 4.79 Å². The molecule has 1 heterocycles. The summed E-state index contributed by atoms with van der Waals surface area (Å²) in [5, 5.41) is 15.1. The van der Waals surface area contributed by atoms with Crippen molar-refractivity contribution in [2.24, 2.45) is 0 Å². The Balaban J connectivity index is 2.20. The minimum atomic E-state index is -0.936. The quantitative estimate of drug-likeness (QED) is 0.704. The highest BCUT2D eigenvalue weighted by molar-refractivity contribution is 5.87. The average molecular weight is 212 g/mol. The summed E-state index contributed by atoms with van der Waals surface area (Å²) < 4.78 is 0. The molecule has 0 atom stereocenters. The van der Waals surface area contributed by atoms with Crippen molar-refractivity contribution < 1.29 is 9.90 Å². The summed E-state index contributed by atoms with van der Waals surface area (Å²) >= 11 is 0. The lowest BCUT2D eigenvalue weighted by Gasteiger charge is -1.93. The van der Waals surface area contributed by atoms with Crippen LogP contribution in [0.3, 0.4) is 0 Å². The number of benzene rings is 1. The summed E-state index contributed by atoms with van der Waals surface area (Å²) in [7, 11) is 0. The van der Waals surface area contributed by atoms with E-state index in [-0.39, 0.29) is 5.56 Å². The number of carboxylic acid groups (broad SMARTS) is 1. The predicted molar refractivity (Wildman–Crippen MR) is 58.0 cm³/mol. The summed E-state index contributed by atoms with van der Waals surface area (Å²) in [6.07, 6.45) is 3.32. The number of aromatic amines is 1. The van der Waals surface area contributed by atoms with Crippen molar-refractivity contribution >= 4 is 5.97 Å². The topological polar surface area (TPSA) is 66.0 Å². The first-order valence-electron chi connectivity index (χ1n) is 4.60. The number of aromatic nitrogens is 2. The second-order valence-corrected chi connectivity index (χ2v) is 3.12. The Kier molecular flexibility index (Phi) is 2.70. The number of nitrogens with one attached hydrogen (secondary N) is 1. The molecule has 0 fully saturated rings. The van der Waals surface area contributed by atoms with Gasteiger partial charge in [0.1, 0.15) is 0 Å². The fourth-order valence-electron chi connectivity index (χ4n) is 1.16. The van der Waals surface area contributed by atoms with Crippen molar-refractivity contribution in [1.82, 2.24) is 10.2 Å². The van der Waals surface area contributed by atoms with Crippen LogP contribution in [0.5, 0.6) is 0 Å². The van der Waals surface area contributed by atoms with Gasteiger partial charge in [0.2, 0.25) is 0 Å². The fraction of sp³-hybridized carbons (Fsp3) is 0. The first-order chi connectivity index (χ1) is 7.75. The first kappa shape index (κ1) is 9.99. The molecule has 16 heavy (non-hydrogen) atoms. The summed E-state index contributed by atoms with van der Waals surface area (Å²) in [6, 6.07) is 6.41. The largest absolute Gasteiger partial charge is 0.478 e. The molecule has 1 aromatic heterocycles. The lowest BCUT2D eigenvalue weighted by Crippen LogP contribution is -1.94. The molecule has 1 aromatic carbocycles. The van der Waals surface area contributed by atoms with Crippen LogP contribution in [0.4, 0.5) is 0 Å². The van der Waals surface area contributed by atoms with Gasteiger partial charge in [0.25, 0.3) is 0 Å². The molecule has 0 amide bonds. The SMILES string of the molecule is O=C(O)c1ccc(C#Cc2cn[nH]c2)cc1. The van der Waals surface area contributed by atoms with Crippen LogP contribution < -0.4 is 0 Å². The number of rotatable bonds is 1. The molecule has 2 rings (SSSR count). The van der Waals surface area contributed by atoms with Gasteiger partial charge in [0.15, 0.2) is 0 Å². The summed E-state index contributed by atoms with van der Waals surface area (Å²) in [5.74, 6) is 4.87. The Morgan fingerprint density at radius 1 is 1.19 bits per heavy atom. The molecule has 0 aliphatic carbocycles. The lowest BCUT2D eigenvalue weighted by atomic mass is 10.1. The Morgan fingerprint density at radius 2 is 1.88 bits per heavy atom. The zero-order valence-corrected chi connectivity index (χ0v) is 8.27. The lowest BCUT2D eigenvalue weighted by molar-refractivity contribution is 0.0697. The minimum Gasteiger partial charge on any atom is -0.478 e. The van der Waals surface area contributed by atoms with Gasteiger partial charge in [-0.3, -0.25) is 5.10 Å². The molecule has 0 saturated heterocycles. The van der Waals surface area contributed by atoms with E-state index in [4.69, 9.17) is 5.11 Å². The van der Waals surface area contributed by atoms with E-state index in [1.54, 1.807) is 24.5 Å². The molecule has 2 aromatic rings. The summed E-state index contributed by atoms with van der Waals surface area (Å²) in [4.78, 5) is 10.6. The molecular weight excluding hydrogens is 204 g/mol. The third-order valence-corrected chi connectivity index (χ3v) is 1.98. The van der Waals surface area contributed by atoms with E-state index in [2.05, 4.69) is 22.0 Å².